The predicted molar refractivity (Wildman–Crippen MR) is 70.7 cm³/mol. The molecule has 1 heterocycles. The van der Waals surface area contributed by atoms with Gasteiger partial charge in [0, 0.05) is 23.7 Å². The summed E-state index contributed by atoms with van der Waals surface area (Å²) in [5, 5.41) is 10.4. The average Bonchev–Trinajstić information content (AvgIpc) is 2.78. The molecule has 0 unspecified atom stereocenters. The third-order valence-corrected chi connectivity index (χ3v) is 2.87. The van der Waals surface area contributed by atoms with Crippen molar-refractivity contribution in [3.63, 3.8) is 0 Å². The lowest BCUT2D eigenvalue weighted by Crippen LogP contribution is -2.21. The Morgan fingerprint density at radius 1 is 1.39 bits per heavy atom. The summed E-state index contributed by atoms with van der Waals surface area (Å²) in [6, 6.07) is 5.52. The molecule has 2 rings (SSSR count). The molecular formula is C14H18FN3. The van der Waals surface area contributed by atoms with Gasteiger partial charge < -0.3 is 5.32 Å². The van der Waals surface area contributed by atoms with Gasteiger partial charge in [-0.3, -0.25) is 5.10 Å². The van der Waals surface area contributed by atoms with Crippen molar-refractivity contribution >= 4 is 0 Å². The van der Waals surface area contributed by atoms with Gasteiger partial charge in [-0.15, -0.1) is 0 Å². The van der Waals surface area contributed by atoms with Crippen LogP contribution in [0.15, 0.2) is 24.4 Å². The third kappa shape index (κ3) is 2.76. The summed E-state index contributed by atoms with van der Waals surface area (Å²) in [5.41, 5.74) is 3.65. The first-order valence-corrected chi connectivity index (χ1v) is 6.10. The Morgan fingerprint density at radius 2 is 2.17 bits per heavy atom. The number of hydrogen-bond acceptors (Lipinski definition) is 2. The van der Waals surface area contributed by atoms with Crippen molar-refractivity contribution in [2.75, 3.05) is 0 Å². The highest BCUT2D eigenvalue weighted by molar-refractivity contribution is 5.63. The number of benzene rings is 1. The molecule has 0 saturated heterocycles. The normalized spacial score (nSPS) is 11.2. The monoisotopic (exact) mass is 247 g/mol. The molecule has 3 nitrogen and oxygen atoms in total. The number of nitrogens with one attached hydrogen (secondary N) is 2. The van der Waals surface area contributed by atoms with Crippen LogP contribution in [-0.2, 0) is 6.54 Å². The van der Waals surface area contributed by atoms with E-state index < -0.39 is 0 Å². The largest absolute Gasteiger partial charge is 0.310 e. The molecule has 0 fully saturated rings. The molecule has 0 aliphatic heterocycles. The number of nitrogens with zero attached hydrogens (tertiary/aromatic N) is 1. The predicted octanol–water partition coefficient (Wildman–Crippen LogP) is 3.02. The Kier molecular flexibility index (Phi) is 3.77. The number of hydrogen-bond donors (Lipinski definition) is 2. The van der Waals surface area contributed by atoms with Crippen molar-refractivity contribution in [2.24, 2.45) is 0 Å². The van der Waals surface area contributed by atoms with Crippen molar-refractivity contribution in [2.45, 2.75) is 33.4 Å². The molecule has 18 heavy (non-hydrogen) atoms. The average molecular weight is 247 g/mol. The van der Waals surface area contributed by atoms with Crippen LogP contribution in [0.1, 0.15) is 25.0 Å². The first-order chi connectivity index (χ1) is 8.58. The molecule has 2 aromatic rings. The van der Waals surface area contributed by atoms with Crippen molar-refractivity contribution in [1.29, 1.82) is 0 Å². The summed E-state index contributed by atoms with van der Waals surface area (Å²) >= 11 is 0. The van der Waals surface area contributed by atoms with E-state index in [0.717, 1.165) is 23.4 Å². The van der Waals surface area contributed by atoms with E-state index >= 15 is 0 Å². The molecule has 0 atom stereocenters. The zero-order valence-corrected chi connectivity index (χ0v) is 10.9. The van der Waals surface area contributed by atoms with Gasteiger partial charge in [-0.1, -0.05) is 13.8 Å². The molecule has 0 radical (unpaired) electrons. The minimum atomic E-state index is -0.180. The molecular weight excluding hydrogens is 229 g/mol. The maximum atomic E-state index is 13.3. The Bertz CT molecular complexity index is 532. The lowest BCUT2D eigenvalue weighted by molar-refractivity contribution is 0.589. The first-order valence-electron chi connectivity index (χ1n) is 6.10. The highest BCUT2D eigenvalue weighted by Gasteiger charge is 2.09. The topological polar surface area (TPSA) is 40.7 Å². The fourth-order valence-electron chi connectivity index (χ4n) is 1.81. The third-order valence-electron chi connectivity index (χ3n) is 2.87. The van der Waals surface area contributed by atoms with E-state index in [2.05, 4.69) is 29.4 Å². The van der Waals surface area contributed by atoms with Gasteiger partial charge in [0.1, 0.15) is 5.82 Å². The number of aromatic amines is 1. The van der Waals surface area contributed by atoms with E-state index in [1.807, 2.05) is 12.3 Å². The second kappa shape index (κ2) is 5.31. The molecule has 1 aromatic heterocycles. The second-order valence-electron chi connectivity index (χ2n) is 4.77. The summed E-state index contributed by atoms with van der Waals surface area (Å²) in [6.45, 7) is 6.71. The van der Waals surface area contributed by atoms with Crippen LogP contribution in [0.5, 0.6) is 0 Å². The Balaban J connectivity index is 2.27. The molecule has 4 heteroatoms. The standard InChI is InChI=1S/C14H18FN3/c1-9(2)16-7-12-8-17-18-14(12)11-4-5-13(15)10(3)6-11/h4-6,8-9,16H,7H2,1-3H3,(H,17,18). The number of rotatable bonds is 4. The van der Waals surface area contributed by atoms with Gasteiger partial charge in [-0.2, -0.15) is 5.10 Å². The number of aromatic nitrogens is 2. The van der Waals surface area contributed by atoms with E-state index in [-0.39, 0.29) is 5.82 Å². The summed E-state index contributed by atoms with van der Waals surface area (Å²) in [6.07, 6.45) is 1.81. The second-order valence-corrected chi connectivity index (χ2v) is 4.77. The first kappa shape index (κ1) is 12.8. The number of H-pyrrole nitrogens is 1. The lowest BCUT2D eigenvalue weighted by Gasteiger charge is -2.09. The number of aryl methyl sites for hydroxylation is 1. The quantitative estimate of drug-likeness (QED) is 0.872. The summed E-state index contributed by atoms with van der Waals surface area (Å²) < 4.78 is 13.3. The van der Waals surface area contributed by atoms with Crippen LogP contribution in [-0.4, -0.2) is 16.2 Å². The van der Waals surface area contributed by atoms with E-state index in [0.29, 0.717) is 11.6 Å². The van der Waals surface area contributed by atoms with Crippen molar-refractivity contribution in [1.82, 2.24) is 15.5 Å². The molecule has 0 saturated carbocycles. The fraction of sp³-hybridized carbons (Fsp3) is 0.357. The Morgan fingerprint density at radius 3 is 2.83 bits per heavy atom. The molecule has 0 aliphatic carbocycles. The van der Waals surface area contributed by atoms with Crippen LogP contribution in [0.4, 0.5) is 4.39 Å². The summed E-state index contributed by atoms with van der Waals surface area (Å²) in [4.78, 5) is 0. The molecule has 2 N–H and O–H groups in total. The maximum absolute atomic E-state index is 13.3. The van der Waals surface area contributed by atoms with Crippen LogP contribution in [0.2, 0.25) is 0 Å². The van der Waals surface area contributed by atoms with Crippen LogP contribution < -0.4 is 5.32 Å². The Labute approximate surface area is 106 Å². The van der Waals surface area contributed by atoms with E-state index in [4.69, 9.17) is 0 Å². The van der Waals surface area contributed by atoms with Crippen molar-refractivity contribution in [3.8, 4) is 11.3 Å². The highest BCUT2D eigenvalue weighted by Crippen LogP contribution is 2.23. The zero-order valence-electron chi connectivity index (χ0n) is 10.9. The molecule has 0 amide bonds. The lowest BCUT2D eigenvalue weighted by atomic mass is 10.1. The van der Waals surface area contributed by atoms with Gasteiger partial charge in [0.05, 0.1) is 11.9 Å². The van der Waals surface area contributed by atoms with Crippen LogP contribution in [0.3, 0.4) is 0 Å². The number of halogens is 1. The van der Waals surface area contributed by atoms with E-state index in [1.165, 1.54) is 6.07 Å². The van der Waals surface area contributed by atoms with E-state index in [9.17, 15) is 4.39 Å². The van der Waals surface area contributed by atoms with Gasteiger partial charge in [0.25, 0.3) is 0 Å². The van der Waals surface area contributed by atoms with Crippen molar-refractivity contribution in [3.05, 3.63) is 41.3 Å². The molecule has 96 valence electrons. The minimum Gasteiger partial charge on any atom is -0.310 e. The molecule has 1 aromatic carbocycles. The summed E-state index contributed by atoms with van der Waals surface area (Å²) in [7, 11) is 0. The highest BCUT2D eigenvalue weighted by atomic mass is 19.1. The van der Waals surface area contributed by atoms with Gasteiger partial charge in [-0.05, 0) is 30.7 Å². The smallest absolute Gasteiger partial charge is 0.126 e. The van der Waals surface area contributed by atoms with Gasteiger partial charge >= 0.3 is 0 Å². The minimum absolute atomic E-state index is 0.180. The van der Waals surface area contributed by atoms with Crippen LogP contribution in [0, 0.1) is 12.7 Å². The summed E-state index contributed by atoms with van der Waals surface area (Å²) in [5.74, 6) is -0.180. The molecule has 0 aliphatic rings. The van der Waals surface area contributed by atoms with Crippen LogP contribution in [0.25, 0.3) is 11.3 Å². The SMILES string of the molecule is Cc1cc(-c2[nH]ncc2CNC(C)C)ccc1F. The van der Waals surface area contributed by atoms with Crippen LogP contribution >= 0.6 is 0 Å². The molecule has 0 spiro atoms. The van der Waals surface area contributed by atoms with Gasteiger partial charge in [0.2, 0.25) is 0 Å². The fourth-order valence-corrected chi connectivity index (χ4v) is 1.81. The van der Waals surface area contributed by atoms with Gasteiger partial charge in [0.15, 0.2) is 0 Å². The molecule has 0 bridgehead atoms. The Hall–Kier alpha value is -1.68. The zero-order chi connectivity index (χ0) is 13.1. The van der Waals surface area contributed by atoms with E-state index in [1.54, 1.807) is 13.0 Å². The van der Waals surface area contributed by atoms with Gasteiger partial charge in [-0.25, -0.2) is 4.39 Å². The van der Waals surface area contributed by atoms with Crippen molar-refractivity contribution < 1.29 is 4.39 Å². The maximum Gasteiger partial charge on any atom is 0.126 e.